The molecule has 3 unspecified atom stereocenters. The van der Waals surface area contributed by atoms with Crippen molar-refractivity contribution in [2.75, 3.05) is 20.1 Å². The van der Waals surface area contributed by atoms with E-state index < -0.39 is 0 Å². The molecule has 0 spiro atoms. The van der Waals surface area contributed by atoms with Crippen LogP contribution in [0.25, 0.3) is 0 Å². The summed E-state index contributed by atoms with van der Waals surface area (Å²) in [4.78, 5) is 20.7. The van der Waals surface area contributed by atoms with Crippen LogP contribution in [-0.2, 0) is 22.5 Å². The largest absolute Gasteiger partial charge is 0.461 e. The molecule has 0 saturated carbocycles. The van der Waals surface area contributed by atoms with Crippen molar-refractivity contribution in [3.05, 3.63) is 17.8 Å². The molecule has 6 heteroatoms. The summed E-state index contributed by atoms with van der Waals surface area (Å²) in [6, 6.07) is 0.377. The second-order valence-corrected chi connectivity index (χ2v) is 6.43. The number of oxazole rings is 1. The van der Waals surface area contributed by atoms with Crippen LogP contribution < -0.4 is 0 Å². The lowest BCUT2D eigenvalue weighted by atomic mass is 10.1. The number of hydrogen-bond donors (Lipinski definition) is 0. The Labute approximate surface area is 131 Å². The first-order chi connectivity index (χ1) is 10.6. The number of nitrogens with zero attached hydrogens (tertiary/aromatic N) is 3. The predicted octanol–water partition coefficient (Wildman–Crippen LogP) is 1.45. The summed E-state index contributed by atoms with van der Waals surface area (Å²) in [5, 5.41) is 0. The van der Waals surface area contributed by atoms with Gasteiger partial charge in [-0.1, -0.05) is 6.92 Å². The molecule has 2 saturated heterocycles. The van der Waals surface area contributed by atoms with Gasteiger partial charge in [0, 0.05) is 32.0 Å². The van der Waals surface area contributed by atoms with Crippen LogP contribution in [0.15, 0.2) is 10.6 Å². The van der Waals surface area contributed by atoms with Crippen LogP contribution in [0.5, 0.6) is 0 Å². The molecule has 22 heavy (non-hydrogen) atoms. The van der Waals surface area contributed by atoms with E-state index in [0.717, 1.165) is 44.0 Å². The molecule has 2 aliphatic rings. The molecule has 0 N–H and O–H groups in total. The van der Waals surface area contributed by atoms with Gasteiger partial charge in [0.05, 0.1) is 12.7 Å². The van der Waals surface area contributed by atoms with E-state index in [-0.39, 0.29) is 18.1 Å². The van der Waals surface area contributed by atoms with Crippen LogP contribution in [0.4, 0.5) is 0 Å². The van der Waals surface area contributed by atoms with Gasteiger partial charge in [-0.15, -0.1) is 0 Å². The number of rotatable bonds is 5. The second-order valence-electron chi connectivity index (χ2n) is 6.43. The van der Waals surface area contributed by atoms with Gasteiger partial charge < -0.3 is 9.15 Å². The summed E-state index contributed by atoms with van der Waals surface area (Å²) in [6.45, 7) is 6.59. The molecule has 6 nitrogen and oxygen atoms in total. The molecule has 2 fully saturated rings. The molecule has 3 rings (SSSR count). The van der Waals surface area contributed by atoms with Crippen LogP contribution in [0.1, 0.15) is 38.3 Å². The molecule has 3 heterocycles. The Morgan fingerprint density at radius 3 is 2.95 bits per heavy atom. The fraction of sp³-hybridized carbons (Fsp3) is 0.750. The van der Waals surface area contributed by atoms with Gasteiger partial charge in [0.2, 0.25) is 5.89 Å². The lowest BCUT2D eigenvalue weighted by Gasteiger charge is -2.24. The summed E-state index contributed by atoms with van der Waals surface area (Å²) < 4.78 is 11.0. The average molecular weight is 307 g/mol. The van der Waals surface area contributed by atoms with E-state index in [0.29, 0.717) is 12.6 Å². The van der Waals surface area contributed by atoms with Crippen molar-refractivity contribution < 1.29 is 13.9 Å². The molecule has 0 aliphatic carbocycles. The Bertz CT molecular complexity index is 530. The monoisotopic (exact) mass is 307 g/mol. The molecule has 0 bridgehead atoms. The predicted molar refractivity (Wildman–Crippen MR) is 81.3 cm³/mol. The first-order valence-corrected chi connectivity index (χ1v) is 8.15. The van der Waals surface area contributed by atoms with Crippen molar-refractivity contribution in [1.29, 1.82) is 0 Å². The smallest absolute Gasteiger partial charge is 0.323 e. The number of carbonyl (C=O) groups is 1. The summed E-state index contributed by atoms with van der Waals surface area (Å²) in [6.07, 6.45) is 4.61. The summed E-state index contributed by atoms with van der Waals surface area (Å²) in [5.41, 5.74) is 0. The van der Waals surface area contributed by atoms with E-state index in [2.05, 4.69) is 28.8 Å². The van der Waals surface area contributed by atoms with E-state index in [1.165, 1.54) is 0 Å². The quantitative estimate of drug-likeness (QED) is 0.767. The third kappa shape index (κ3) is 3.17. The number of likely N-dealkylation sites (N-methyl/N-ethyl adjacent to an activating group) is 1. The summed E-state index contributed by atoms with van der Waals surface area (Å²) in [7, 11) is 2.10. The van der Waals surface area contributed by atoms with Crippen molar-refractivity contribution in [1.82, 2.24) is 14.8 Å². The average Bonchev–Trinajstić information content (AvgIpc) is 3.18. The number of cyclic esters (lactones) is 1. The van der Waals surface area contributed by atoms with Crippen molar-refractivity contribution in [3.8, 4) is 0 Å². The van der Waals surface area contributed by atoms with Crippen molar-refractivity contribution >= 4 is 5.97 Å². The molecule has 3 atom stereocenters. The highest BCUT2D eigenvalue weighted by molar-refractivity contribution is 5.78. The van der Waals surface area contributed by atoms with Crippen molar-refractivity contribution in [2.24, 2.45) is 0 Å². The van der Waals surface area contributed by atoms with E-state index >= 15 is 0 Å². The minimum absolute atomic E-state index is 0.0501. The van der Waals surface area contributed by atoms with E-state index in [1.807, 2.05) is 6.92 Å². The second kappa shape index (κ2) is 6.38. The van der Waals surface area contributed by atoms with Gasteiger partial charge in [0.15, 0.2) is 0 Å². The van der Waals surface area contributed by atoms with E-state index in [1.54, 1.807) is 6.20 Å². The van der Waals surface area contributed by atoms with Crippen LogP contribution >= 0.6 is 0 Å². The minimum Gasteiger partial charge on any atom is -0.461 e. The normalized spacial score (nSPS) is 29.5. The Hall–Kier alpha value is -1.40. The van der Waals surface area contributed by atoms with Gasteiger partial charge in [0.1, 0.15) is 17.9 Å². The lowest BCUT2D eigenvalue weighted by Crippen LogP contribution is -2.40. The maximum absolute atomic E-state index is 11.9. The molecule has 122 valence electrons. The maximum Gasteiger partial charge on any atom is 0.323 e. The number of aryl methyl sites for hydroxylation is 1. The number of aromatic nitrogens is 1. The van der Waals surface area contributed by atoms with Gasteiger partial charge in [-0.05, 0) is 20.4 Å². The number of likely N-dealkylation sites (tertiary alicyclic amines) is 1. The fourth-order valence-electron chi connectivity index (χ4n) is 3.37. The molecule has 1 aromatic heterocycles. The van der Waals surface area contributed by atoms with Crippen LogP contribution in [-0.4, -0.2) is 59.1 Å². The lowest BCUT2D eigenvalue weighted by molar-refractivity contribution is -0.144. The molecule has 2 aliphatic heterocycles. The molecular formula is C16H25N3O3. The topological polar surface area (TPSA) is 58.8 Å². The zero-order chi connectivity index (χ0) is 15.7. The molecule has 1 aromatic rings. The van der Waals surface area contributed by atoms with E-state index in [9.17, 15) is 4.79 Å². The standard InChI is InChI=1S/C16H25N3O3/c1-4-13-8-17-15(22-13)10-18(3)12-5-6-19(9-12)14-7-11(2)21-16(14)20/h8,11-12,14H,4-7,9-10H2,1-3H3. The highest BCUT2D eigenvalue weighted by Gasteiger charge is 2.40. The number of carbonyl (C=O) groups excluding carboxylic acids is 1. The third-order valence-electron chi connectivity index (χ3n) is 4.74. The van der Waals surface area contributed by atoms with Gasteiger partial charge >= 0.3 is 5.97 Å². The van der Waals surface area contributed by atoms with Gasteiger partial charge in [-0.25, -0.2) is 4.98 Å². The van der Waals surface area contributed by atoms with E-state index in [4.69, 9.17) is 9.15 Å². The molecule has 0 aromatic carbocycles. The van der Waals surface area contributed by atoms with Gasteiger partial charge in [-0.3, -0.25) is 14.6 Å². The Kier molecular flexibility index (Phi) is 4.49. The number of ether oxygens (including phenoxy) is 1. The molecule has 0 amide bonds. The summed E-state index contributed by atoms with van der Waals surface area (Å²) >= 11 is 0. The zero-order valence-corrected chi connectivity index (χ0v) is 13.6. The fourth-order valence-corrected chi connectivity index (χ4v) is 3.37. The SMILES string of the molecule is CCc1cnc(CN(C)C2CCN(C3CC(C)OC3=O)C2)o1. The van der Waals surface area contributed by atoms with Crippen molar-refractivity contribution in [2.45, 2.75) is 57.8 Å². The minimum atomic E-state index is -0.0592. The molecular weight excluding hydrogens is 282 g/mol. The van der Waals surface area contributed by atoms with Crippen molar-refractivity contribution in [3.63, 3.8) is 0 Å². The third-order valence-corrected chi connectivity index (χ3v) is 4.74. The Balaban J connectivity index is 1.54. The number of esters is 1. The zero-order valence-electron chi connectivity index (χ0n) is 13.6. The number of hydrogen-bond acceptors (Lipinski definition) is 6. The Morgan fingerprint density at radius 1 is 1.50 bits per heavy atom. The van der Waals surface area contributed by atoms with Crippen LogP contribution in [0.2, 0.25) is 0 Å². The van der Waals surface area contributed by atoms with Gasteiger partial charge in [0.25, 0.3) is 0 Å². The van der Waals surface area contributed by atoms with Crippen LogP contribution in [0, 0.1) is 0 Å². The first-order valence-electron chi connectivity index (χ1n) is 8.15. The van der Waals surface area contributed by atoms with Gasteiger partial charge in [-0.2, -0.15) is 0 Å². The Morgan fingerprint density at radius 2 is 2.32 bits per heavy atom. The van der Waals surface area contributed by atoms with Crippen LogP contribution in [0.3, 0.4) is 0 Å². The molecule has 0 radical (unpaired) electrons. The highest BCUT2D eigenvalue weighted by atomic mass is 16.6. The first kappa shape index (κ1) is 15.5. The summed E-state index contributed by atoms with van der Waals surface area (Å²) in [5.74, 6) is 1.64. The maximum atomic E-state index is 11.9. The highest BCUT2D eigenvalue weighted by Crippen LogP contribution is 2.25.